The zero-order valence-corrected chi connectivity index (χ0v) is 10.3. The fourth-order valence-corrected chi connectivity index (χ4v) is 0.961. The molecule has 3 nitrogen and oxygen atoms in total. The van der Waals surface area contributed by atoms with Crippen molar-refractivity contribution in [1.29, 1.82) is 0 Å². The number of terminal acetylenes is 1. The zero-order chi connectivity index (χ0) is 9.61. The van der Waals surface area contributed by atoms with Gasteiger partial charge in [0.05, 0.1) is 14.1 Å². The average Bonchev–Trinajstić information content (AvgIpc) is 2.00. The van der Waals surface area contributed by atoms with Crippen LogP contribution in [0.3, 0.4) is 0 Å². The van der Waals surface area contributed by atoms with E-state index < -0.39 is 0 Å². The van der Waals surface area contributed by atoms with Crippen LogP contribution in [0.5, 0.6) is 0 Å². The summed E-state index contributed by atoms with van der Waals surface area (Å²) in [4.78, 5) is 0. The number of quaternary nitrogens is 1. The number of halogens is 1. The van der Waals surface area contributed by atoms with Crippen molar-refractivity contribution in [2.75, 3.05) is 41.4 Å². The van der Waals surface area contributed by atoms with E-state index >= 15 is 0 Å². The molecule has 0 aromatic heterocycles. The van der Waals surface area contributed by atoms with Crippen molar-refractivity contribution in [3.63, 3.8) is 0 Å². The molecule has 0 aliphatic carbocycles. The summed E-state index contributed by atoms with van der Waals surface area (Å²) in [5, 5.41) is 0. The van der Waals surface area contributed by atoms with Crippen LogP contribution in [0.4, 0.5) is 0 Å². The lowest BCUT2D eigenvalue weighted by molar-refractivity contribution is -0.889. The van der Waals surface area contributed by atoms with Crippen molar-refractivity contribution in [2.45, 2.75) is 6.29 Å². The van der Waals surface area contributed by atoms with Gasteiger partial charge >= 0.3 is 0 Å². The van der Waals surface area contributed by atoms with E-state index in [1.807, 2.05) is 14.1 Å². The molecule has 0 radical (unpaired) electrons. The number of rotatable bonds is 5. The summed E-state index contributed by atoms with van der Waals surface area (Å²) in [6.45, 7) is 1.44. The van der Waals surface area contributed by atoms with E-state index in [4.69, 9.17) is 15.9 Å². The van der Waals surface area contributed by atoms with Crippen molar-refractivity contribution >= 4 is 0 Å². The highest BCUT2D eigenvalue weighted by Gasteiger charge is 2.20. The van der Waals surface area contributed by atoms with Crippen molar-refractivity contribution in [3.8, 4) is 12.3 Å². The molecule has 0 aliphatic heterocycles. The molecule has 0 saturated heterocycles. The predicted octanol–water partition coefficient (Wildman–Crippen LogP) is -2.68. The van der Waals surface area contributed by atoms with Gasteiger partial charge < -0.3 is 30.9 Å². The SMILES string of the molecule is C#CC[N+](C)(C)CC(OC)OC.[Br-]. The molecule has 0 bridgehead atoms. The number of nitrogens with zero attached hydrogens (tertiary/aromatic N) is 1. The van der Waals surface area contributed by atoms with E-state index in [2.05, 4.69) is 5.92 Å². The smallest absolute Gasteiger partial charge is 0.207 e. The summed E-state index contributed by atoms with van der Waals surface area (Å²) < 4.78 is 10.9. The molecule has 0 aromatic rings. The highest BCUT2D eigenvalue weighted by molar-refractivity contribution is 4.83. The van der Waals surface area contributed by atoms with E-state index in [0.717, 1.165) is 6.54 Å². The fraction of sp³-hybridized carbons (Fsp3) is 0.778. The second-order valence-electron chi connectivity index (χ2n) is 3.38. The van der Waals surface area contributed by atoms with Crippen LogP contribution < -0.4 is 17.0 Å². The van der Waals surface area contributed by atoms with Gasteiger partial charge in [-0.2, -0.15) is 0 Å². The first-order valence-electron chi connectivity index (χ1n) is 3.87. The van der Waals surface area contributed by atoms with Gasteiger partial charge in [0, 0.05) is 14.2 Å². The third kappa shape index (κ3) is 7.03. The Hall–Kier alpha value is -0.0800. The van der Waals surface area contributed by atoms with E-state index in [1.54, 1.807) is 14.2 Å². The van der Waals surface area contributed by atoms with Crippen LogP contribution in [0, 0.1) is 12.3 Å². The van der Waals surface area contributed by atoms with Crippen molar-refractivity contribution in [3.05, 3.63) is 0 Å². The standard InChI is InChI=1S/C9H18NO2.BrH/c1-6-7-10(2,3)8-9(11-4)12-5;/h1,9H,7-8H2,2-5H3;1H/q+1;/p-1. The Bertz CT molecular complexity index is 161. The van der Waals surface area contributed by atoms with Crippen LogP contribution in [0.1, 0.15) is 0 Å². The summed E-state index contributed by atoms with van der Waals surface area (Å²) >= 11 is 0. The first kappa shape index (κ1) is 15.4. The minimum absolute atomic E-state index is 0. The number of methoxy groups -OCH3 is 2. The van der Waals surface area contributed by atoms with Gasteiger partial charge in [0.2, 0.25) is 6.29 Å². The average molecular weight is 252 g/mol. The second kappa shape index (κ2) is 7.34. The zero-order valence-electron chi connectivity index (χ0n) is 8.71. The van der Waals surface area contributed by atoms with Crippen molar-refractivity contribution < 1.29 is 30.9 Å². The molecule has 0 fully saturated rings. The summed E-state index contributed by atoms with van der Waals surface area (Å²) in [6, 6.07) is 0. The highest BCUT2D eigenvalue weighted by atomic mass is 79.9. The van der Waals surface area contributed by atoms with Gasteiger partial charge in [-0.25, -0.2) is 0 Å². The molecule has 0 aromatic carbocycles. The van der Waals surface area contributed by atoms with Gasteiger partial charge in [-0.1, -0.05) is 0 Å². The molecule has 0 spiro atoms. The van der Waals surface area contributed by atoms with Crippen LogP contribution in [0.2, 0.25) is 0 Å². The van der Waals surface area contributed by atoms with E-state index in [9.17, 15) is 0 Å². The molecule has 4 heteroatoms. The molecular weight excluding hydrogens is 234 g/mol. The minimum Gasteiger partial charge on any atom is -1.00 e. The van der Waals surface area contributed by atoms with Gasteiger partial charge in [-0.15, -0.1) is 6.42 Å². The lowest BCUT2D eigenvalue weighted by atomic mass is 10.4. The summed E-state index contributed by atoms with van der Waals surface area (Å²) in [6.07, 6.45) is 5.05. The van der Waals surface area contributed by atoms with Crippen LogP contribution in [0.25, 0.3) is 0 Å². The molecule has 0 unspecified atom stereocenters. The molecule has 0 amide bonds. The normalized spacial score (nSPS) is 10.8. The molecule has 78 valence electrons. The second-order valence-corrected chi connectivity index (χ2v) is 3.38. The molecule has 0 rings (SSSR count). The number of hydrogen-bond acceptors (Lipinski definition) is 2. The van der Waals surface area contributed by atoms with Crippen LogP contribution in [-0.4, -0.2) is 52.2 Å². The third-order valence-electron chi connectivity index (χ3n) is 1.69. The maximum absolute atomic E-state index is 5.23. The summed E-state index contributed by atoms with van der Waals surface area (Å²) in [5.74, 6) is 2.62. The summed E-state index contributed by atoms with van der Waals surface area (Å²) in [5.41, 5.74) is 0. The minimum atomic E-state index is -0.173. The topological polar surface area (TPSA) is 18.5 Å². The largest absolute Gasteiger partial charge is 1.00 e. The molecule has 0 N–H and O–H groups in total. The Morgan fingerprint density at radius 3 is 2.08 bits per heavy atom. The predicted molar refractivity (Wildman–Crippen MR) is 48.5 cm³/mol. The molecule has 0 aliphatic rings. The number of hydrogen-bond donors (Lipinski definition) is 0. The Labute approximate surface area is 91.4 Å². The molecule has 0 saturated carbocycles. The number of ether oxygens (including phenoxy) is 2. The molecule has 13 heavy (non-hydrogen) atoms. The van der Waals surface area contributed by atoms with Gasteiger partial charge in [0.1, 0.15) is 13.1 Å². The van der Waals surface area contributed by atoms with E-state index in [-0.39, 0.29) is 23.3 Å². The van der Waals surface area contributed by atoms with Gasteiger partial charge in [-0.3, -0.25) is 0 Å². The molecule has 0 atom stereocenters. The van der Waals surface area contributed by atoms with Gasteiger partial charge in [0.15, 0.2) is 0 Å². The third-order valence-corrected chi connectivity index (χ3v) is 1.69. The van der Waals surface area contributed by atoms with E-state index in [1.165, 1.54) is 0 Å². The lowest BCUT2D eigenvalue weighted by Gasteiger charge is -2.30. The van der Waals surface area contributed by atoms with Crippen molar-refractivity contribution in [1.82, 2.24) is 0 Å². The van der Waals surface area contributed by atoms with Gasteiger partial charge in [-0.05, 0) is 5.92 Å². The Morgan fingerprint density at radius 1 is 1.31 bits per heavy atom. The molecular formula is C9H18BrNO2. The maximum Gasteiger partial charge on any atom is 0.207 e. The van der Waals surface area contributed by atoms with E-state index in [0.29, 0.717) is 11.0 Å². The van der Waals surface area contributed by atoms with Crippen molar-refractivity contribution in [2.24, 2.45) is 0 Å². The highest BCUT2D eigenvalue weighted by Crippen LogP contribution is 2.01. The fourth-order valence-electron chi connectivity index (χ4n) is 0.961. The maximum atomic E-state index is 5.23. The van der Waals surface area contributed by atoms with Crippen LogP contribution >= 0.6 is 0 Å². The Balaban J connectivity index is 0. The lowest BCUT2D eigenvalue weighted by Crippen LogP contribution is -3.00. The Morgan fingerprint density at radius 2 is 1.77 bits per heavy atom. The van der Waals surface area contributed by atoms with Gasteiger partial charge in [0.25, 0.3) is 0 Å². The summed E-state index contributed by atoms with van der Waals surface area (Å²) in [7, 11) is 7.35. The quantitative estimate of drug-likeness (QED) is 0.301. The molecule has 0 heterocycles. The first-order valence-corrected chi connectivity index (χ1v) is 3.87. The van der Waals surface area contributed by atoms with Crippen LogP contribution in [0.15, 0.2) is 0 Å². The van der Waals surface area contributed by atoms with Crippen LogP contribution in [-0.2, 0) is 9.47 Å². The first-order chi connectivity index (χ1) is 5.55. The Kier molecular flexibility index (Phi) is 8.69. The number of likely N-dealkylation sites (N-methyl/N-ethyl adjacent to an activating group) is 1. The monoisotopic (exact) mass is 251 g/mol.